The number of hydrogen-bond donors (Lipinski definition) is 2. The Morgan fingerprint density at radius 2 is 1.82 bits per heavy atom. The molecule has 0 bridgehead atoms. The van der Waals surface area contributed by atoms with Crippen LogP contribution in [0.15, 0.2) is 48.5 Å². The van der Waals surface area contributed by atoms with Crippen LogP contribution in [-0.2, 0) is 6.18 Å². The number of halogens is 3. The lowest BCUT2D eigenvalue weighted by atomic mass is 9.89. The molecule has 0 atom stereocenters. The molecule has 0 aliphatic heterocycles. The van der Waals surface area contributed by atoms with Gasteiger partial charge >= 0.3 is 6.18 Å². The van der Waals surface area contributed by atoms with Crippen LogP contribution in [0.4, 0.5) is 24.5 Å². The van der Waals surface area contributed by atoms with Crippen molar-refractivity contribution in [2.45, 2.75) is 51.6 Å². The Bertz CT molecular complexity index is 1090. The fourth-order valence-corrected chi connectivity index (χ4v) is 4.57. The van der Waals surface area contributed by atoms with Crippen LogP contribution in [-0.4, -0.2) is 24.7 Å². The first-order chi connectivity index (χ1) is 16.4. The maximum absolute atomic E-state index is 13.6. The zero-order chi connectivity index (χ0) is 24.0. The maximum atomic E-state index is 13.6. The van der Waals surface area contributed by atoms with Gasteiger partial charge in [0.25, 0.3) is 0 Å². The lowest BCUT2D eigenvalue weighted by Gasteiger charge is -2.21. The summed E-state index contributed by atoms with van der Waals surface area (Å²) in [5, 5.41) is 7.46. The smallest absolute Gasteiger partial charge is 0.416 e. The maximum Gasteiger partial charge on any atom is 0.416 e. The van der Waals surface area contributed by atoms with Crippen LogP contribution < -0.4 is 15.4 Å². The molecular weight excluding hydrogens is 439 g/mol. The number of benzene rings is 2. The van der Waals surface area contributed by atoms with E-state index in [0.717, 1.165) is 54.2 Å². The molecule has 1 aliphatic carbocycles. The number of pyridine rings is 1. The van der Waals surface area contributed by atoms with E-state index in [-0.39, 0.29) is 5.75 Å². The van der Waals surface area contributed by atoms with Crippen molar-refractivity contribution in [3.05, 3.63) is 59.8 Å². The summed E-state index contributed by atoms with van der Waals surface area (Å²) < 4.78 is 46.4. The summed E-state index contributed by atoms with van der Waals surface area (Å²) >= 11 is 0. The van der Waals surface area contributed by atoms with Gasteiger partial charge in [0, 0.05) is 28.5 Å². The van der Waals surface area contributed by atoms with Gasteiger partial charge in [0.1, 0.15) is 5.75 Å². The standard InChI is InChI=1S/C27H32F3N3O/c1-19-14-26(24-10-5-6-11-25(24)32-19)33-22-15-21(27(28,29)30)16-23(17-22)34-13-7-12-31-18-20-8-3-2-4-9-20/h5-6,10-11,14-17,20,31H,2-4,7-9,12-13,18H2,1H3,(H,32,33). The molecule has 1 heterocycles. The van der Waals surface area contributed by atoms with Crippen molar-refractivity contribution in [2.75, 3.05) is 25.0 Å². The zero-order valence-corrected chi connectivity index (χ0v) is 19.5. The van der Waals surface area contributed by atoms with E-state index in [1.54, 1.807) is 6.07 Å². The van der Waals surface area contributed by atoms with Gasteiger partial charge in [-0.15, -0.1) is 0 Å². The lowest BCUT2D eigenvalue weighted by Crippen LogP contribution is -2.26. The third-order valence-electron chi connectivity index (χ3n) is 6.28. The number of fused-ring (bicyclic) bond motifs is 1. The number of ether oxygens (including phenoxy) is 1. The molecule has 182 valence electrons. The Hall–Kier alpha value is -2.80. The largest absolute Gasteiger partial charge is 0.493 e. The minimum atomic E-state index is -4.46. The molecule has 1 fully saturated rings. The Morgan fingerprint density at radius 3 is 2.62 bits per heavy atom. The molecule has 3 aromatic rings. The van der Waals surface area contributed by atoms with Crippen LogP contribution >= 0.6 is 0 Å². The van der Waals surface area contributed by atoms with Crippen molar-refractivity contribution >= 4 is 22.3 Å². The Kier molecular flexibility index (Phi) is 7.93. The van der Waals surface area contributed by atoms with Crippen molar-refractivity contribution in [1.82, 2.24) is 10.3 Å². The van der Waals surface area contributed by atoms with E-state index in [2.05, 4.69) is 15.6 Å². The summed E-state index contributed by atoms with van der Waals surface area (Å²) in [6.45, 7) is 4.02. The second-order valence-electron chi connectivity index (χ2n) is 9.11. The summed E-state index contributed by atoms with van der Waals surface area (Å²) in [6, 6.07) is 13.2. The molecule has 7 heteroatoms. The van der Waals surface area contributed by atoms with E-state index in [0.29, 0.717) is 18.0 Å². The van der Waals surface area contributed by atoms with Crippen molar-refractivity contribution in [3.8, 4) is 5.75 Å². The molecule has 1 aliphatic rings. The van der Waals surface area contributed by atoms with Crippen molar-refractivity contribution in [1.29, 1.82) is 0 Å². The predicted molar refractivity (Wildman–Crippen MR) is 131 cm³/mol. The van der Waals surface area contributed by atoms with Crippen LogP contribution in [0.1, 0.15) is 49.8 Å². The molecule has 2 aromatic carbocycles. The van der Waals surface area contributed by atoms with Gasteiger partial charge in [-0.3, -0.25) is 4.98 Å². The number of rotatable bonds is 9. The summed E-state index contributed by atoms with van der Waals surface area (Å²) in [7, 11) is 0. The van der Waals surface area contributed by atoms with Gasteiger partial charge in [-0.05, 0) is 69.5 Å². The molecule has 0 radical (unpaired) electrons. The third kappa shape index (κ3) is 6.63. The number of nitrogens with zero attached hydrogens (tertiary/aromatic N) is 1. The second-order valence-corrected chi connectivity index (χ2v) is 9.11. The Balaban J connectivity index is 1.41. The summed E-state index contributed by atoms with van der Waals surface area (Å²) in [5.74, 6) is 0.958. The molecule has 0 amide bonds. The number of hydrogen-bond acceptors (Lipinski definition) is 4. The molecule has 1 aromatic heterocycles. The van der Waals surface area contributed by atoms with Crippen LogP contribution in [0.5, 0.6) is 5.75 Å². The van der Waals surface area contributed by atoms with Gasteiger partial charge < -0.3 is 15.4 Å². The van der Waals surface area contributed by atoms with E-state index in [1.165, 1.54) is 32.1 Å². The normalized spacial score (nSPS) is 14.9. The van der Waals surface area contributed by atoms with Crippen molar-refractivity contribution < 1.29 is 17.9 Å². The second kappa shape index (κ2) is 11.1. The highest BCUT2D eigenvalue weighted by Crippen LogP contribution is 2.36. The van der Waals surface area contributed by atoms with E-state index in [9.17, 15) is 13.2 Å². The number of nitrogens with one attached hydrogen (secondary N) is 2. The minimum absolute atomic E-state index is 0.208. The van der Waals surface area contributed by atoms with E-state index >= 15 is 0 Å². The third-order valence-corrected chi connectivity index (χ3v) is 6.28. The highest BCUT2D eigenvalue weighted by Gasteiger charge is 2.31. The van der Waals surface area contributed by atoms with E-state index < -0.39 is 11.7 Å². The van der Waals surface area contributed by atoms with E-state index in [4.69, 9.17) is 4.74 Å². The average Bonchev–Trinajstić information content (AvgIpc) is 2.81. The summed E-state index contributed by atoms with van der Waals surface area (Å²) in [6.07, 6.45) is 2.82. The minimum Gasteiger partial charge on any atom is -0.493 e. The van der Waals surface area contributed by atoms with Crippen molar-refractivity contribution in [3.63, 3.8) is 0 Å². The fraction of sp³-hybridized carbons (Fsp3) is 0.444. The van der Waals surface area contributed by atoms with Crippen molar-refractivity contribution in [2.24, 2.45) is 5.92 Å². The number of aryl methyl sites for hydroxylation is 1. The van der Waals surface area contributed by atoms with Gasteiger partial charge in [-0.25, -0.2) is 0 Å². The number of para-hydroxylation sites is 1. The van der Waals surface area contributed by atoms with Gasteiger partial charge in [0.2, 0.25) is 0 Å². The number of aromatic nitrogens is 1. The van der Waals surface area contributed by atoms with Gasteiger partial charge in [-0.2, -0.15) is 13.2 Å². The predicted octanol–water partition coefficient (Wildman–Crippen LogP) is 7.24. The quantitative estimate of drug-likeness (QED) is 0.323. The molecule has 0 saturated heterocycles. The summed E-state index contributed by atoms with van der Waals surface area (Å²) in [5.41, 5.74) is 1.87. The lowest BCUT2D eigenvalue weighted by molar-refractivity contribution is -0.137. The van der Waals surface area contributed by atoms with Gasteiger partial charge in [-0.1, -0.05) is 37.5 Å². The number of alkyl halides is 3. The van der Waals surface area contributed by atoms with Crippen LogP contribution in [0, 0.1) is 12.8 Å². The first-order valence-electron chi connectivity index (χ1n) is 12.1. The molecule has 4 nitrogen and oxygen atoms in total. The molecular formula is C27H32F3N3O. The first kappa shape index (κ1) is 24.3. The first-order valence-corrected chi connectivity index (χ1v) is 12.1. The highest BCUT2D eigenvalue weighted by molar-refractivity contribution is 5.93. The van der Waals surface area contributed by atoms with Crippen LogP contribution in [0.25, 0.3) is 10.9 Å². The molecule has 2 N–H and O–H groups in total. The SMILES string of the molecule is Cc1cc(Nc2cc(OCCCNCC3CCCCC3)cc(C(F)(F)F)c2)c2ccccc2n1. The van der Waals surface area contributed by atoms with Crippen LogP contribution in [0.2, 0.25) is 0 Å². The zero-order valence-electron chi connectivity index (χ0n) is 19.5. The Labute approximate surface area is 198 Å². The van der Waals surface area contributed by atoms with Crippen LogP contribution in [0.3, 0.4) is 0 Å². The van der Waals surface area contributed by atoms with Gasteiger partial charge in [0.05, 0.1) is 17.7 Å². The van der Waals surface area contributed by atoms with Gasteiger partial charge in [0.15, 0.2) is 0 Å². The monoisotopic (exact) mass is 471 g/mol. The average molecular weight is 472 g/mol. The van der Waals surface area contributed by atoms with E-state index in [1.807, 2.05) is 37.3 Å². The Morgan fingerprint density at radius 1 is 1.03 bits per heavy atom. The molecule has 1 saturated carbocycles. The fourth-order valence-electron chi connectivity index (χ4n) is 4.57. The number of anilines is 2. The molecule has 0 spiro atoms. The topological polar surface area (TPSA) is 46.2 Å². The summed E-state index contributed by atoms with van der Waals surface area (Å²) in [4.78, 5) is 4.50. The molecule has 34 heavy (non-hydrogen) atoms. The highest BCUT2D eigenvalue weighted by atomic mass is 19.4. The molecule has 0 unspecified atom stereocenters. The molecule has 4 rings (SSSR count).